The van der Waals surface area contributed by atoms with E-state index in [1.807, 2.05) is 6.92 Å². The molecule has 7 heteroatoms. The average molecular weight is 415 g/mol. The predicted molar refractivity (Wildman–Crippen MR) is 112 cm³/mol. The van der Waals surface area contributed by atoms with Gasteiger partial charge in [-0.2, -0.15) is 0 Å². The van der Waals surface area contributed by atoms with E-state index < -0.39 is 6.10 Å². The largest absolute Gasteiger partial charge is 0.392 e. The molecule has 30 heavy (non-hydrogen) atoms. The summed E-state index contributed by atoms with van der Waals surface area (Å²) in [5.41, 5.74) is 0.348. The Balaban J connectivity index is 1.46. The molecule has 3 aliphatic carbocycles. The van der Waals surface area contributed by atoms with Crippen molar-refractivity contribution in [2.45, 2.75) is 77.5 Å². The highest BCUT2D eigenvalue weighted by Crippen LogP contribution is 2.55. The number of rotatable bonds is 5. The number of amides is 2. The highest BCUT2D eigenvalue weighted by atomic mass is 16.3. The topological polar surface area (TPSA) is 104 Å². The van der Waals surface area contributed by atoms with Crippen LogP contribution in [-0.2, 0) is 4.79 Å². The number of carbonyl (C=O) groups is 2. The second-order valence-corrected chi connectivity index (χ2v) is 10.0. The first-order valence-corrected chi connectivity index (χ1v) is 11.4. The summed E-state index contributed by atoms with van der Waals surface area (Å²) in [5, 5.41) is 17.6. The third kappa shape index (κ3) is 4.09. The minimum Gasteiger partial charge on any atom is -0.392 e. The van der Waals surface area contributed by atoms with Crippen molar-refractivity contribution < 1.29 is 14.7 Å². The van der Waals surface area contributed by atoms with Crippen LogP contribution in [0.3, 0.4) is 0 Å². The Bertz CT molecular complexity index is 784. The zero-order valence-corrected chi connectivity index (χ0v) is 18.2. The second kappa shape index (κ2) is 8.25. The lowest BCUT2D eigenvalue weighted by atomic mass is 9.51. The van der Waals surface area contributed by atoms with Crippen molar-refractivity contribution >= 4 is 11.8 Å². The van der Waals surface area contributed by atoms with Gasteiger partial charge < -0.3 is 15.7 Å². The standard InChI is InChI=1S/C23H34N4O3/c1-13(21(29)26-15-4-5-15)16-6-8-23(3)9-7-17(14(2)19(23)20(16)28)27-22(30)18-12-24-10-11-25-18/h10-17,19-20,28H,4-9H2,1-3H3,(H,26,29)(H,27,30)/t13-,14+,16?,17-,19+,20-,23-/m0/s1. The zero-order valence-electron chi connectivity index (χ0n) is 18.2. The number of aromatic nitrogens is 2. The van der Waals surface area contributed by atoms with Crippen LogP contribution in [0.25, 0.3) is 0 Å². The summed E-state index contributed by atoms with van der Waals surface area (Å²) in [6.07, 6.45) is 9.84. The summed E-state index contributed by atoms with van der Waals surface area (Å²) >= 11 is 0. The van der Waals surface area contributed by atoms with Gasteiger partial charge in [-0.05, 0) is 61.7 Å². The van der Waals surface area contributed by atoms with Gasteiger partial charge >= 0.3 is 0 Å². The van der Waals surface area contributed by atoms with Crippen LogP contribution in [-0.4, -0.2) is 45.1 Å². The molecule has 164 valence electrons. The molecule has 3 N–H and O–H groups in total. The van der Waals surface area contributed by atoms with Crippen LogP contribution in [0.15, 0.2) is 18.6 Å². The maximum atomic E-state index is 12.6. The Morgan fingerprint density at radius 3 is 2.57 bits per heavy atom. The van der Waals surface area contributed by atoms with Gasteiger partial charge in [0.1, 0.15) is 5.69 Å². The van der Waals surface area contributed by atoms with Crippen LogP contribution in [0.5, 0.6) is 0 Å². The summed E-state index contributed by atoms with van der Waals surface area (Å²) in [5.74, 6) is -0.233. The lowest BCUT2D eigenvalue weighted by molar-refractivity contribution is -0.142. The molecule has 1 aromatic heterocycles. The first-order chi connectivity index (χ1) is 14.3. The van der Waals surface area contributed by atoms with Gasteiger partial charge in [-0.1, -0.05) is 20.8 Å². The van der Waals surface area contributed by atoms with Gasteiger partial charge in [-0.25, -0.2) is 4.98 Å². The maximum absolute atomic E-state index is 12.6. The van der Waals surface area contributed by atoms with Gasteiger partial charge in [0.2, 0.25) is 5.91 Å². The minimum atomic E-state index is -0.546. The fourth-order valence-electron chi connectivity index (χ4n) is 5.91. The zero-order chi connectivity index (χ0) is 21.5. The van der Waals surface area contributed by atoms with E-state index in [0.717, 1.165) is 38.5 Å². The number of hydrogen-bond donors (Lipinski definition) is 3. The van der Waals surface area contributed by atoms with E-state index in [9.17, 15) is 14.7 Å². The van der Waals surface area contributed by atoms with Crippen molar-refractivity contribution in [1.29, 1.82) is 0 Å². The summed E-state index contributed by atoms with van der Waals surface area (Å²) in [6, 6.07) is 0.307. The molecule has 3 fully saturated rings. The molecule has 0 aliphatic heterocycles. The molecular weight excluding hydrogens is 380 g/mol. The molecule has 0 radical (unpaired) electrons. The molecule has 3 aliphatic rings. The Hall–Kier alpha value is -2.02. The fourth-order valence-corrected chi connectivity index (χ4v) is 5.91. The number of hydrogen-bond acceptors (Lipinski definition) is 5. The smallest absolute Gasteiger partial charge is 0.271 e. The third-order valence-electron chi connectivity index (χ3n) is 7.98. The monoisotopic (exact) mass is 414 g/mol. The SMILES string of the molecule is C[C@H]1[C@@H]2[C@@H](O)C([C@H](C)C(=O)NC3CC3)CC[C@@]2(C)CC[C@@H]1NC(=O)c1cnccn1. The lowest BCUT2D eigenvalue weighted by Gasteiger charge is -2.56. The van der Waals surface area contributed by atoms with E-state index in [-0.39, 0.29) is 46.9 Å². The molecule has 1 aromatic rings. The van der Waals surface area contributed by atoms with E-state index >= 15 is 0 Å². The third-order valence-corrected chi connectivity index (χ3v) is 7.98. The Morgan fingerprint density at radius 2 is 1.90 bits per heavy atom. The first kappa shape index (κ1) is 21.2. The normalized spacial score (nSPS) is 37.0. The number of fused-ring (bicyclic) bond motifs is 1. The summed E-state index contributed by atoms with van der Waals surface area (Å²) in [7, 11) is 0. The number of aliphatic hydroxyl groups is 1. The second-order valence-electron chi connectivity index (χ2n) is 10.0. The maximum Gasteiger partial charge on any atom is 0.271 e. The summed E-state index contributed by atoms with van der Waals surface area (Å²) in [4.78, 5) is 33.3. The van der Waals surface area contributed by atoms with Crippen LogP contribution in [0.4, 0.5) is 0 Å². The summed E-state index contributed by atoms with van der Waals surface area (Å²) < 4.78 is 0. The van der Waals surface area contributed by atoms with Gasteiger partial charge in [-0.15, -0.1) is 0 Å². The molecule has 1 unspecified atom stereocenters. The first-order valence-electron chi connectivity index (χ1n) is 11.4. The van der Waals surface area contributed by atoms with Crippen LogP contribution >= 0.6 is 0 Å². The molecule has 0 spiro atoms. The Labute approximate surface area is 178 Å². The number of carbonyl (C=O) groups excluding carboxylic acids is 2. The predicted octanol–water partition coefficient (Wildman–Crippen LogP) is 2.31. The number of nitrogens with one attached hydrogen (secondary N) is 2. The van der Waals surface area contributed by atoms with E-state index in [1.54, 1.807) is 6.20 Å². The quantitative estimate of drug-likeness (QED) is 0.686. The van der Waals surface area contributed by atoms with E-state index in [2.05, 4.69) is 34.4 Å². The lowest BCUT2D eigenvalue weighted by Crippen LogP contribution is -2.58. The molecule has 0 bridgehead atoms. The van der Waals surface area contributed by atoms with Crippen LogP contribution < -0.4 is 10.6 Å². The van der Waals surface area contributed by atoms with Gasteiger partial charge in [0.25, 0.3) is 5.91 Å². The molecule has 0 saturated heterocycles. The van der Waals surface area contributed by atoms with Crippen LogP contribution in [0.2, 0.25) is 0 Å². The molecule has 4 rings (SSSR count). The minimum absolute atomic E-state index is 0.0263. The Morgan fingerprint density at radius 1 is 1.17 bits per heavy atom. The molecule has 1 heterocycles. The van der Waals surface area contributed by atoms with Crippen LogP contribution in [0.1, 0.15) is 69.8 Å². The number of aliphatic hydroxyl groups excluding tert-OH is 1. The van der Waals surface area contributed by atoms with Crippen molar-refractivity contribution in [1.82, 2.24) is 20.6 Å². The number of nitrogens with zero attached hydrogens (tertiary/aromatic N) is 2. The van der Waals surface area contributed by atoms with Crippen molar-refractivity contribution in [3.63, 3.8) is 0 Å². The molecule has 3 saturated carbocycles. The van der Waals surface area contributed by atoms with Gasteiger partial charge in [-0.3, -0.25) is 14.6 Å². The van der Waals surface area contributed by atoms with Crippen molar-refractivity contribution in [3.8, 4) is 0 Å². The highest BCUT2D eigenvalue weighted by Gasteiger charge is 2.54. The molecule has 7 nitrogen and oxygen atoms in total. The van der Waals surface area contributed by atoms with Crippen LogP contribution in [0, 0.1) is 29.1 Å². The average Bonchev–Trinajstić information content (AvgIpc) is 3.54. The van der Waals surface area contributed by atoms with E-state index in [1.165, 1.54) is 12.4 Å². The Kier molecular flexibility index (Phi) is 5.84. The van der Waals surface area contributed by atoms with Gasteiger partial charge in [0, 0.05) is 30.4 Å². The van der Waals surface area contributed by atoms with Gasteiger partial charge in [0.15, 0.2) is 0 Å². The molecule has 7 atom stereocenters. The molecular formula is C23H34N4O3. The van der Waals surface area contributed by atoms with Crippen molar-refractivity contribution in [2.24, 2.45) is 29.1 Å². The van der Waals surface area contributed by atoms with E-state index in [0.29, 0.717) is 11.7 Å². The van der Waals surface area contributed by atoms with E-state index in [4.69, 9.17) is 0 Å². The van der Waals surface area contributed by atoms with Crippen molar-refractivity contribution in [2.75, 3.05) is 0 Å². The van der Waals surface area contributed by atoms with Crippen molar-refractivity contribution in [3.05, 3.63) is 24.3 Å². The molecule has 2 amide bonds. The van der Waals surface area contributed by atoms with Gasteiger partial charge in [0.05, 0.1) is 12.3 Å². The summed E-state index contributed by atoms with van der Waals surface area (Å²) in [6.45, 7) is 6.35. The molecule has 0 aromatic carbocycles. The highest BCUT2D eigenvalue weighted by molar-refractivity contribution is 5.92. The fraction of sp³-hybridized carbons (Fsp3) is 0.739.